The van der Waals surface area contributed by atoms with Crippen LogP contribution in [0.4, 0.5) is 5.82 Å². The fourth-order valence-electron chi connectivity index (χ4n) is 3.21. The van der Waals surface area contributed by atoms with Crippen molar-refractivity contribution in [2.45, 2.75) is 25.8 Å². The van der Waals surface area contributed by atoms with E-state index >= 15 is 0 Å². The maximum atomic E-state index is 12.2. The number of carbonyl (C=O) groups excluding carboxylic acids is 2. The lowest BCUT2D eigenvalue weighted by Crippen LogP contribution is -2.46. The van der Waals surface area contributed by atoms with E-state index in [2.05, 4.69) is 20.6 Å². The smallest absolute Gasteiger partial charge is 0.251 e. The Labute approximate surface area is 153 Å². The van der Waals surface area contributed by atoms with Gasteiger partial charge in [-0.1, -0.05) is 18.2 Å². The second-order valence-corrected chi connectivity index (χ2v) is 6.73. The molecule has 1 aromatic carbocycles. The molecule has 2 heterocycles. The number of hydrogen-bond donors (Lipinski definition) is 2. The summed E-state index contributed by atoms with van der Waals surface area (Å²) in [5.74, 6) is 0.630. The van der Waals surface area contributed by atoms with Crippen LogP contribution in [-0.2, 0) is 11.8 Å². The van der Waals surface area contributed by atoms with E-state index in [1.165, 1.54) is 0 Å². The summed E-state index contributed by atoms with van der Waals surface area (Å²) >= 11 is 0. The van der Waals surface area contributed by atoms with Crippen molar-refractivity contribution in [1.82, 2.24) is 20.0 Å². The molecule has 0 unspecified atom stereocenters. The summed E-state index contributed by atoms with van der Waals surface area (Å²) in [4.78, 5) is 26.5. The molecule has 1 saturated heterocycles. The highest BCUT2D eigenvalue weighted by atomic mass is 16.2. The van der Waals surface area contributed by atoms with Crippen LogP contribution in [0.5, 0.6) is 0 Å². The van der Waals surface area contributed by atoms with Crippen molar-refractivity contribution in [1.29, 1.82) is 0 Å². The van der Waals surface area contributed by atoms with Crippen molar-refractivity contribution >= 4 is 17.6 Å². The lowest BCUT2D eigenvalue weighted by molar-refractivity contribution is -0.117. The third kappa shape index (κ3) is 4.70. The van der Waals surface area contributed by atoms with E-state index in [4.69, 9.17) is 0 Å². The molecular formula is C19H25N5O2. The summed E-state index contributed by atoms with van der Waals surface area (Å²) in [7, 11) is 1.81. The average Bonchev–Trinajstić information content (AvgIpc) is 2.94. The van der Waals surface area contributed by atoms with Gasteiger partial charge in [-0.25, -0.2) is 0 Å². The Kier molecular flexibility index (Phi) is 5.68. The van der Waals surface area contributed by atoms with Gasteiger partial charge in [-0.2, -0.15) is 5.10 Å². The molecule has 7 nitrogen and oxygen atoms in total. The molecule has 0 saturated carbocycles. The zero-order chi connectivity index (χ0) is 18.5. The molecule has 0 aliphatic carbocycles. The molecule has 2 N–H and O–H groups in total. The first-order valence-corrected chi connectivity index (χ1v) is 8.90. The summed E-state index contributed by atoms with van der Waals surface area (Å²) < 4.78 is 1.67. The highest BCUT2D eigenvalue weighted by molar-refractivity contribution is 5.94. The van der Waals surface area contributed by atoms with Crippen molar-refractivity contribution < 1.29 is 9.59 Å². The third-order valence-corrected chi connectivity index (χ3v) is 4.60. The normalized spacial score (nSPS) is 15.6. The fraction of sp³-hybridized carbons (Fsp3) is 0.421. The predicted molar refractivity (Wildman–Crippen MR) is 99.9 cm³/mol. The van der Waals surface area contributed by atoms with Crippen LogP contribution in [0.3, 0.4) is 0 Å². The lowest BCUT2D eigenvalue weighted by Gasteiger charge is -2.31. The summed E-state index contributed by atoms with van der Waals surface area (Å²) in [5, 5.41) is 10.2. The number of nitrogens with zero attached hydrogens (tertiary/aromatic N) is 3. The van der Waals surface area contributed by atoms with Gasteiger partial charge in [0.1, 0.15) is 5.82 Å². The van der Waals surface area contributed by atoms with Crippen molar-refractivity contribution in [2.24, 2.45) is 7.05 Å². The fourth-order valence-corrected chi connectivity index (χ4v) is 3.21. The molecule has 0 radical (unpaired) electrons. The van der Waals surface area contributed by atoms with Crippen LogP contribution in [0, 0.1) is 6.92 Å². The number of carbonyl (C=O) groups is 2. The molecule has 3 rings (SSSR count). The SMILES string of the molecule is Cc1cc(NC(=O)CN2CCC(NC(=O)c3ccccc3)CC2)n(C)n1. The molecule has 2 aromatic rings. The van der Waals surface area contributed by atoms with Crippen molar-refractivity contribution in [2.75, 3.05) is 25.0 Å². The highest BCUT2D eigenvalue weighted by Gasteiger charge is 2.22. The Morgan fingerprint density at radius 2 is 1.88 bits per heavy atom. The van der Waals surface area contributed by atoms with Gasteiger partial charge in [-0.3, -0.25) is 19.2 Å². The second kappa shape index (κ2) is 8.14. The predicted octanol–water partition coefficient (Wildman–Crippen LogP) is 1.56. The first-order chi connectivity index (χ1) is 12.5. The molecule has 1 aliphatic rings. The highest BCUT2D eigenvalue weighted by Crippen LogP contribution is 2.12. The summed E-state index contributed by atoms with van der Waals surface area (Å²) in [6, 6.07) is 11.3. The van der Waals surface area contributed by atoms with Crippen molar-refractivity contribution in [3.8, 4) is 0 Å². The van der Waals surface area contributed by atoms with Gasteiger partial charge in [0.2, 0.25) is 5.91 Å². The van der Waals surface area contributed by atoms with Crippen LogP contribution < -0.4 is 10.6 Å². The van der Waals surface area contributed by atoms with E-state index in [1.807, 2.05) is 50.4 Å². The van der Waals surface area contributed by atoms with E-state index in [0.29, 0.717) is 17.9 Å². The molecule has 7 heteroatoms. The van der Waals surface area contributed by atoms with Crippen LogP contribution in [0.15, 0.2) is 36.4 Å². The number of amides is 2. The minimum atomic E-state index is -0.0419. The molecule has 26 heavy (non-hydrogen) atoms. The van der Waals surface area contributed by atoms with Gasteiger partial charge >= 0.3 is 0 Å². The number of piperidine rings is 1. The van der Waals surface area contributed by atoms with Crippen LogP contribution in [0.25, 0.3) is 0 Å². The molecule has 0 atom stereocenters. The average molecular weight is 355 g/mol. The maximum absolute atomic E-state index is 12.2. The van der Waals surface area contributed by atoms with Crippen molar-refractivity contribution in [3.63, 3.8) is 0 Å². The first-order valence-electron chi connectivity index (χ1n) is 8.90. The van der Waals surface area contributed by atoms with Gasteiger partial charge in [0.15, 0.2) is 0 Å². The zero-order valence-corrected chi connectivity index (χ0v) is 15.2. The monoisotopic (exact) mass is 355 g/mol. The van der Waals surface area contributed by atoms with E-state index in [9.17, 15) is 9.59 Å². The molecule has 1 aliphatic heterocycles. The molecule has 138 valence electrons. The maximum Gasteiger partial charge on any atom is 0.251 e. The van der Waals surface area contributed by atoms with E-state index < -0.39 is 0 Å². The Morgan fingerprint density at radius 1 is 1.19 bits per heavy atom. The van der Waals surface area contributed by atoms with Crippen molar-refractivity contribution in [3.05, 3.63) is 47.7 Å². The van der Waals surface area contributed by atoms with Crippen LogP contribution in [0.2, 0.25) is 0 Å². The first kappa shape index (κ1) is 18.1. The number of nitrogens with one attached hydrogen (secondary N) is 2. The van der Waals surface area contributed by atoms with E-state index in [0.717, 1.165) is 31.6 Å². The topological polar surface area (TPSA) is 79.3 Å². The second-order valence-electron chi connectivity index (χ2n) is 6.73. The van der Waals surface area contributed by atoms with Crippen LogP contribution >= 0.6 is 0 Å². The Hall–Kier alpha value is -2.67. The third-order valence-electron chi connectivity index (χ3n) is 4.60. The van der Waals surface area contributed by atoms with Crippen LogP contribution in [0.1, 0.15) is 28.9 Å². The minimum Gasteiger partial charge on any atom is -0.349 e. The zero-order valence-electron chi connectivity index (χ0n) is 15.2. The van der Waals surface area contributed by atoms with Gasteiger partial charge in [0.25, 0.3) is 5.91 Å². The number of aryl methyl sites for hydroxylation is 2. The molecule has 1 fully saturated rings. The number of hydrogen-bond acceptors (Lipinski definition) is 4. The number of likely N-dealkylation sites (tertiary alicyclic amines) is 1. The summed E-state index contributed by atoms with van der Waals surface area (Å²) in [5.41, 5.74) is 1.55. The Morgan fingerprint density at radius 3 is 2.50 bits per heavy atom. The van der Waals surface area contributed by atoms with E-state index in [-0.39, 0.29) is 17.9 Å². The number of rotatable bonds is 5. The lowest BCUT2D eigenvalue weighted by atomic mass is 10.0. The summed E-state index contributed by atoms with van der Waals surface area (Å²) in [6.45, 7) is 3.82. The van der Waals surface area contributed by atoms with Gasteiger partial charge in [-0.15, -0.1) is 0 Å². The molecule has 0 bridgehead atoms. The minimum absolute atomic E-state index is 0.0339. The standard InChI is InChI=1S/C19H25N5O2/c1-14-12-17(23(2)22-14)21-18(25)13-24-10-8-16(9-11-24)20-19(26)15-6-4-3-5-7-15/h3-7,12,16H,8-11,13H2,1-2H3,(H,20,26)(H,21,25). The van der Waals surface area contributed by atoms with E-state index in [1.54, 1.807) is 4.68 Å². The van der Waals surface area contributed by atoms with Gasteiger partial charge in [0.05, 0.1) is 12.2 Å². The Bertz CT molecular complexity index is 763. The molecular weight excluding hydrogens is 330 g/mol. The Balaban J connectivity index is 1.43. The quantitative estimate of drug-likeness (QED) is 0.853. The van der Waals surface area contributed by atoms with Gasteiger partial charge < -0.3 is 10.6 Å². The summed E-state index contributed by atoms with van der Waals surface area (Å²) in [6.07, 6.45) is 1.69. The van der Waals surface area contributed by atoms with Crippen LogP contribution in [-0.4, -0.2) is 52.2 Å². The molecule has 0 spiro atoms. The number of aromatic nitrogens is 2. The number of anilines is 1. The molecule has 2 amide bonds. The largest absolute Gasteiger partial charge is 0.349 e. The van der Waals surface area contributed by atoms with Gasteiger partial charge in [-0.05, 0) is 31.9 Å². The van der Waals surface area contributed by atoms with Gasteiger partial charge in [0, 0.05) is 37.8 Å². The number of benzene rings is 1. The molecule has 1 aromatic heterocycles.